The molecule has 1 aliphatic rings. The van der Waals surface area contributed by atoms with Gasteiger partial charge < -0.3 is 4.84 Å². The first kappa shape index (κ1) is 10.0. The maximum Gasteiger partial charge on any atom is 0.0681 e. The van der Waals surface area contributed by atoms with E-state index in [0.717, 1.165) is 18.9 Å². The molecule has 2 nitrogen and oxygen atoms in total. The Morgan fingerprint density at radius 2 is 2.25 bits per heavy atom. The Balaban J connectivity index is 2.26. The van der Waals surface area contributed by atoms with E-state index < -0.39 is 0 Å². The summed E-state index contributed by atoms with van der Waals surface area (Å²) < 4.78 is 0. The van der Waals surface area contributed by atoms with Gasteiger partial charge in [-0.2, -0.15) is 0 Å². The van der Waals surface area contributed by atoms with E-state index in [-0.39, 0.29) is 0 Å². The summed E-state index contributed by atoms with van der Waals surface area (Å²) in [5.41, 5.74) is 0.553. The van der Waals surface area contributed by atoms with Crippen LogP contribution in [0.5, 0.6) is 0 Å². The first-order valence-electron chi connectivity index (χ1n) is 4.96. The fourth-order valence-corrected chi connectivity index (χ4v) is 2.34. The molecule has 0 saturated heterocycles. The Morgan fingerprint density at radius 1 is 1.50 bits per heavy atom. The molecule has 0 bridgehead atoms. The molecule has 0 spiro atoms. The van der Waals surface area contributed by atoms with Crippen LogP contribution < -0.4 is 5.90 Å². The second-order valence-electron chi connectivity index (χ2n) is 4.79. The average Bonchev–Trinajstić information content (AvgIpc) is 1.99. The predicted octanol–water partition coefficient (Wildman–Crippen LogP) is 2.48. The quantitative estimate of drug-likeness (QED) is 0.662. The van der Waals surface area contributed by atoms with E-state index in [1.807, 2.05) is 0 Å². The van der Waals surface area contributed by atoms with Crippen molar-refractivity contribution in [3.63, 3.8) is 0 Å². The van der Waals surface area contributed by atoms with E-state index in [2.05, 4.69) is 18.7 Å². The minimum atomic E-state index is 0.553. The summed E-state index contributed by atoms with van der Waals surface area (Å²) in [5, 5.41) is 0. The van der Waals surface area contributed by atoms with Gasteiger partial charge in [-0.3, -0.25) is 0 Å². The molecule has 1 rings (SSSR count). The third kappa shape index (κ3) is 3.11. The first-order chi connectivity index (χ1) is 5.64. The van der Waals surface area contributed by atoms with E-state index in [4.69, 9.17) is 5.90 Å². The highest BCUT2D eigenvalue weighted by atomic mass is 16.6. The Morgan fingerprint density at radius 3 is 2.83 bits per heavy atom. The van der Waals surface area contributed by atoms with Gasteiger partial charge in [0.2, 0.25) is 0 Å². The fraction of sp³-hybridized carbons (Fsp3) is 1.00. The molecule has 0 heterocycles. The van der Waals surface area contributed by atoms with Gasteiger partial charge in [0, 0.05) is 0 Å². The summed E-state index contributed by atoms with van der Waals surface area (Å²) in [5.74, 6) is 5.86. The molecular formula is C10H21NO. The minimum Gasteiger partial charge on any atom is -0.305 e. The Hall–Kier alpha value is -0.0800. The molecule has 0 radical (unpaired) electrons. The van der Waals surface area contributed by atoms with Crippen LogP contribution >= 0.6 is 0 Å². The first-order valence-corrected chi connectivity index (χ1v) is 4.96. The lowest BCUT2D eigenvalue weighted by atomic mass is 9.71. The van der Waals surface area contributed by atoms with E-state index >= 15 is 0 Å². The molecule has 0 amide bonds. The van der Waals surface area contributed by atoms with E-state index in [9.17, 15) is 0 Å². The van der Waals surface area contributed by atoms with Gasteiger partial charge in [0.25, 0.3) is 0 Å². The standard InChI is InChI=1S/C10H21NO/c1-10(2)6-3-4-9(8-10)5-7-12-11/h9H,3-8,11H2,1-2H3. The van der Waals surface area contributed by atoms with E-state index in [1.54, 1.807) is 0 Å². The summed E-state index contributed by atoms with van der Waals surface area (Å²) in [6.45, 7) is 5.45. The number of rotatable bonds is 3. The number of nitrogens with two attached hydrogens (primary N) is 1. The highest BCUT2D eigenvalue weighted by Crippen LogP contribution is 2.39. The summed E-state index contributed by atoms with van der Waals surface area (Å²) in [6.07, 6.45) is 6.61. The molecule has 1 aliphatic carbocycles. The summed E-state index contributed by atoms with van der Waals surface area (Å²) in [6, 6.07) is 0. The molecular weight excluding hydrogens is 150 g/mol. The van der Waals surface area contributed by atoms with Crippen LogP contribution in [0.25, 0.3) is 0 Å². The zero-order valence-electron chi connectivity index (χ0n) is 8.31. The monoisotopic (exact) mass is 171 g/mol. The van der Waals surface area contributed by atoms with Crippen molar-refractivity contribution in [2.24, 2.45) is 17.2 Å². The van der Waals surface area contributed by atoms with Crippen molar-refractivity contribution in [1.82, 2.24) is 0 Å². The van der Waals surface area contributed by atoms with E-state index in [0.29, 0.717) is 5.41 Å². The zero-order chi connectivity index (χ0) is 9.03. The molecule has 0 aromatic carbocycles. The van der Waals surface area contributed by atoms with Crippen molar-refractivity contribution in [2.75, 3.05) is 6.61 Å². The Kier molecular flexibility index (Phi) is 3.53. The van der Waals surface area contributed by atoms with Crippen molar-refractivity contribution in [3.05, 3.63) is 0 Å². The summed E-state index contributed by atoms with van der Waals surface area (Å²) in [7, 11) is 0. The van der Waals surface area contributed by atoms with Crippen LogP contribution in [-0.4, -0.2) is 6.61 Å². The van der Waals surface area contributed by atoms with Crippen LogP contribution in [0.2, 0.25) is 0 Å². The molecule has 0 aliphatic heterocycles. The number of hydrogen-bond donors (Lipinski definition) is 1. The normalized spacial score (nSPS) is 28.8. The lowest BCUT2D eigenvalue weighted by Crippen LogP contribution is -2.23. The molecule has 1 fully saturated rings. The van der Waals surface area contributed by atoms with Gasteiger partial charge in [-0.25, -0.2) is 5.90 Å². The minimum absolute atomic E-state index is 0.553. The van der Waals surface area contributed by atoms with Crippen molar-refractivity contribution in [2.45, 2.75) is 46.0 Å². The summed E-state index contributed by atoms with van der Waals surface area (Å²) >= 11 is 0. The van der Waals surface area contributed by atoms with Crippen LogP contribution in [-0.2, 0) is 4.84 Å². The molecule has 1 saturated carbocycles. The smallest absolute Gasteiger partial charge is 0.0681 e. The third-order valence-corrected chi connectivity index (χ3v) is 2.95. The SMILES string of the molecule is CC1(C)CCCC(CCON)C1. The maximum absolute atomic E-state index is 5.01. The molecule has 0 aromatic heterocycles. The predicted molar refractivity (Wildman–Crippen MR) is 50.5 cm³/mol. The molecule has 2 heteroatoms. The average molecular weight is 171 g/mol. The Labute approximate surface area is 75.4 Å². The second-order valence-corrected chi connectivity index (χ2v) is 4.79. The number of hydrogen-bond acceptors (Lipinski definition) is 2. The van der Waals surface area contributed by atoms with Crippen LogP contribution in [0.4, 0.5) is 0 Å². The lowest BCUT2D eigenvalue weighted by Gasteiger charge is -2.35. The van der Waals surface area contributed by atoms with Gasteiger partial charge in [0.05, 0.1) is 6.61 Å². The van der Waals surface area contributed by atoms with Gasteiger partial charge in [0.1, 0.15) is 0 Å². The molecule has 12 heavy (non-hydrogen) atoms. The van der Waals surface area contributed by atoms with E-state index in [1.165, 1.54) is 25.7 Å². The molecule has 0 aromatic rings. The molecule has 1 atom stereocenters. The second kappa shape index (κ2) is 4.24. The third-order valence-electron chi connectivity index (χ3n) is 2.95. The lowest BCUT2D eigenvalue weighted by molar-refractivity contribution is 0.0964. The van der Waals surface area contributed by atoms with Gasteiger partial charge in [-0.15, -0.1) is 0 Å². The zero-order valence-corrected chi connectivity index (χ0v) is 8.31. The van der Waals surface area contributed by atoms with Crippen LogP contribution in [0.15, 0.2) is 0 Å². The topological polar surface area (TPSA) is 35.2 Å². The van der Waals surface area contributed by atoms with Crippen LogP contribution in [0.3, 0.4) is 0 Å². The molecule has 72 valence electrons. The molecule has 1 unspecified atom stereocenters. The Bertz CT molecular complexity index is 134. The van der Waals surface area contributed by atoms with Crippen molar-refractivity contribution in [3.8, 4) is 0 Å². The van der Waals surface area contributed by atoms with Gasteiger partial charge in [0.15, 0.2) is 0 Å². The van der Waals surface area contributed by atoms with Crippen LogP contribution in [0.1, 0.15) is 46.0 Å². The largest absolute Gasteiger partial charge is 0.305 e. The molecule has 2 N–H and O–H groups in total. The van der Waals surface area contributed by atoms with Gasteiger partial charge >= 0.3 is 0 Å². The van der Waals surface area contributed by atoms with Crippen molar-refractivity contribution in [1.29, 1.82) is 0 Å². The van der Waals surface area contributed by atoms with Crippen LogP contribution in [0, 0.1) is 11.3 Å². The van der Waals surface area contributed by atoms with Crippen molar-refractivity contribution < 1.29 is 4.84 Å². The summed E-state index contributed by atoms with van der Waals surface area (Å²) in [4.78, 5) is 4.61. The maximum atomic E-state index is 5.01. The highest BCUT2D eigenvalue weighted by molar-refractivity contribution is 4.79. The van der Waals surface area contributed by atoms with Gasteiger partial charge in [-0.05, 0) is 30.6 Å². The highest BCUT2D eigenvalue weighted by Gasteiger charge is 2.27. The van der Waals surface area contributed by atoms with Gasteiger partial charge in [-0.1, -0.05) is 26.7 Å². The van der Waals surface area contributed by atoms with Crippen molar-refractivity contribution >= 4 is 0 Å². The fourth-order valence-electron chi connectivity index (χ4n) is 2.34.